The van der Waals surface area contributed by atoms with E-state index in [1.54, 1.807) is 13.8 Å². The molecule has 0 saturated carbocycles. The van der Waals surface area contributed by atoms with Gasteiger partial charge >= 0.3 is 0 Å². The van der Waals surface area contributed by atoms with Gasteiger partial charge in [0.25, 0.3) is 5.91 Å². The number of hydrogen-bond donors (Lipinski definition) is 2. The second-order valence-electron chi connectivity index (χ2n) is 4.81. The first-order valence-corrected chi connectivity index (χ1v) is 5.37. The number of carbonyl (C=O) groups is 1. The quantitative estimate of drug-likeness (QED) is 0.817. The minimum atomic E-state index is -0.882. The highest BCUT2D eigenvalue weighted by Gasteiger charge is 2.15. The maximum absolute atomic E-state index is 11.8. The molecule has 88 valence electrons. The standard InChI is InChI=1S/C13H19NO2/c1-9-5-6-10(2)11(7-9)12(15)14-8-13(3,4)16/h5-7,16H,8H2,1-4H3,(H,14,15). The molecule has 0 aliphatic carbocycles. The van der Waals surface area contributed by atoms with Crippen LogP contribution in [0, 0.1) is 13.8 Å². The Morgan fingerprint density at radius 3 is 2.56 bits per heavy atom. The molecule has 1 aromatic carbocycles. The van der Waals surface area contributed by atoms with Crippen LogP contribution in [0.15, 0.2) is 18.2 Å². The molecule has 0 saturated heterocycles. The first-order chi connectivity index (χ1) is 7.29. The number of benzene rings is 1. The monoisotopic (exact) mass is 221 g/mol. The van der Waals surface area contributed by atoms with E-state index in [4.69, 9.17) is 0 Å². The molecule has 0 spiro atoms. The van der Waals surface area contributed by atoms with Gasteiger partial charge in [-0.2, -0.15) is 0 Å². The van der Waals surface area contributed by atoms with Crippen LogP contribution in [0.4, 0.5) is 0 Å². The fourth-order valence-electron chi connectivity index (χ4n) is 1.37. The molecule has 0 heterocycles. The van der Waals surface area contributed by atoms with Gasteiger partial charge < -0.3 is 10.4 Å². The number of carbonyl (C=O) groups excluding carboxylic acids is 1. The van der Waals surface area contributed by atoms with Gasteiger partial charge in [0.1, 0.15) is 0 Å². The summed E-state index contributed by atoms with van der Waals surface area (Å²) in [5.74, 6) is -0.136. The smallest absolute Gasteiger partial charge is 0.251 e. The van der Waals surface area contributed by atoms with Crippen LogP contribution in [-0.4, -0.2) is 23.2 Å². The lowest BCUT2D eigenvalue weighted by Gasteiger charge is -2.18. The zero-order valence-electron chi connectivity index (χ0n) is 10.3. The summed E-state index contributed by atoms with van der Waals surface area (Å²) >= 11 is 0. The van der Waals surface area contributed by atoms with Gasteiger partial charge in [0, 0.05) is 12.1 Å². The summed E-state index contributed by atoms with van der Waals surface area (Å²) in [5.41, 5.74) is 1.79. The van der Waals surface area contributed by atoms with Gasteiger partial charge in [0.2, 0.25) is 0 Å². The number of amides is 1. The van der Waals surface area contributed by atoms with Crippen LogP contribution < -0.4 is 5.32 Å². The van der Waals surface area contributed by atoms with Crippen molar-refractivity contribution in [3.05, 3.63) is 34.9 Å². The first-order valence-electron chi connectivity index (χ1n) is 5.37. The van der Waals surface area contributed by atoms with Crippen molar-refractivity contribution in [2.45, 2.75) is 33.3 Å². The van der Waals surface area contributed by atoms with E-state index in [1.165, 1.54) is 0 Å². The Balaban J connectivity index is 2.77. The molecule has 0 bridgehead atoms. The molecule has 1 amide bonds. The highest BCUT2D eigenvalue weighted by molar-refractivity contribution is 5.95. The van der Waals surface area contributed by atoms with Crippen LogP contribution >= 0.6 is 0 Å². The summed E-state index contributed by atoms with van der Waals surface area (Å²) in [5, 5.41) is 12.2. The molecule has 0 atom stereocenters. The van der Waals surface area contributed by atoms with Gasteiger partial charge in [-0.05, 0) is 39.3 Å². The molecule has 3 nitrogen and oxygen atoms in total. The summed E-state index contributed by atoms with van der Waals surface area (Å²) in [6.07, 6.45) is 0. The molecular weight excluding hydrogens is 202 g/mol. The lowest BCUT2D eigenvalue weighted by Crippen LogP contribution is -2.38. The van der Waals surface area contributed by atoms with Crippen LogP contribution in [-0.2, 0) is 0 Å². The molecule has 0 aromatic heterocycles. The third-order valence-corrected chi connectivity index (χ3v) is 2.32. The third kappa shape index (κ3) is 3.66. The lowest BCUT2D eigenvalue weighted by molar-refractivity contribution is 0.0694. The Morgan fingerprint density at radius 2 is 2.00 bits per heavy atom. The average molecular weight is 221 g/mol. The second-order valence-corrected chi connectivity index (χ2v) is 4.81. The van der Waals surface area contributed by atoms with Crippen LogP contribution in [0.3, 0.4) is 0 Å². The molecule has 0 radical (unpaired) electrons. The topological polar surface area (TPSA) is 49.3 Å². The van der Waals surface area contributed by atoms with Gasteiger partial charge in [-0.3, -0.25) is 4.79 Å². The number of rotatable bonds is 3. The van der Waals surface area contributed by atoms with E-state index in [-0.39, 0.29) is 12.5 Å². The predicted octanol–water partition coefficient (Wildman–Crippen LogP) is 1.80. The van der Waals surface area contributed by atoms with E-state index < -0.39 is 5.60 Å². The maximum Gasteiger partial charge on any atom is 0.251 e. The molecule has 0 unspecified atom stereocenters. The number of hydrogen-bond acceptors (Lipinski definition) is 2. The first kappa shape index (κ1) is 12.7. The largest absolute Gasteiger partial charge is 0.389 e. The highest BCUT2D eigenvalue weighted by Crippen LogP contribution is 2.10. The molecule has 0 aliphatic rings. The Morgan fingerprint density at radius 1 is 1.38 bits per heavy atom. The van der Waals surface area contributed by atoms with Crippen LogP contribution in [0.5, 0.6) is 0 Å². The summed E-state index contributed by atoms with van der Waals surface area (Å²) in [7, 11) is 0. The van der Waals surface area contributed by atoms with Crippen molar-refractivity contribution in [3.63, 3.8) is 0 Å². The van der Waals surface area contributed by atoms with Gasteiger partial charge in [-0.25, -0.2) is 0 Å². The fourth-order valence-corrected chi connectivity index (χ4v) is 1.37. The van der Waals surface area contributed by atoms with Crippen molar-refractivity contribution in [3.8, 4) is 0 Å². The van der Waals surface area contributed by atoms with Crippen molar-refractivity contribution < 1.29 is 9.90 Å². The molecular formula is C13H19NO2. The fraction of sp³-hybridized carbons (Fsp3) is 0.462. The maximum atomic E-state index is 11.8. The van der Waals surface area contributed by atoms with E-state index in [0.717, 1.165) is 11.1 Å². The van der Waals surface area contributed by atoms with Crippen molar-refractivity contribution in [1.82, 2.24) is 5.32 Å². The van der Waals surface area contributed by atoms with E-state index in [0.29, 0.717) is 5.56 Å². The molecule has 3 heteroatoms. The van der Waals surface area contributed by atoms with E-state index >= 15 is 0 Å². The van der Waals surface area contributed by atoms with Gasteiger partial charge in [-0.1, -0.05) is 17.7 Å². The Bertz CT molecular complexity index is 391. The zero-order chi connectivity index (χ0) is 12.3. The van der Waals surface area contributed by atoms with Crippen LogP contribution in [0.2, 0.25) is 0 Å². The number of nitrogens with one attached hydrogen (secondary N) is 1. The van der Waals surface area contributed by atoms with Gasteiger partial charge in [0.15, 0.2) is 0 Å². The predicted molar refractivity (Wildman–Crippen MR) is 64.5 cm³/mol. The number of aryl methyl sites for hydroxylation is 2. The van der Waals surface area contributed by atoms with Crippen molar-refractivity contribution in [2.24, 2.45) is 0 Å². The van der Waals surface area contributed by atoms with Gasteiger partial charge in [-0.15, -0.1) is 0 Å². The highest BCUT2D eigenvalue weighted by atomic mass is 16.3. The van der Waals surface area contributed by atoms with E-state index in [9.17, 15) is 9.90 Å². The van der Waals surface area contributed by atoms with Gasteiger partial charge in [0.05, 0.1) is 5.60 Å². The summed E-state index contributed by atoms with van der Waals surface area (Å²) in [6, 6.07) is 5.76. The summed E-state index contributed by atoms with van der Waals surface area (Å²) in [6.45, 7) is 7.43. The van der Waals surface area contributed by atoms with Crippen LogP contribution in [0.25, 0.3) is 0 Å². The third-order valence-electron chi connectivity index (χ3n) is 2.32. The lowest BCUT2D eigenvalue weighted by atomic mass is 10.0. The second kappa shape index (κ2) is 4.66. The van der Waals surface area contributed by atoms with Crippen molar-refractivity contribution in [2.75, 3.05) is 6.54 Å². The molecule has 2 N–H and O–H groups in total. The minimum Gasteiger partial charge on any atom is -0.389 e. The minimum absolute atomic E-state index is 0.136. The average Bonchev–Trinajstić information content (AvgIpc) is 2.17. The molecule has 0 fully saturated rings. The van der Waals surface area contributed by atoms with E-state index in [2.05, 4.69) is 5.32 Å². The summed E-state index contributed by atoms with van der Waals surface area (Å²) in [4.78, 5) is 11.8. The zero-order valence-corrected chi connectivity index (χ0v) is 10.3. The molecule has 1 aromatic rings. The normalized spacial score (nSPS) is 11.3. The van der Waals surface area contributed by atoms with Crippen molar-refractivity contribution >= 4 is 5.91 Å². The Kier molecular flexibility index (Phi) is 3.70. The van der Waals surface area contributed by atoms with E-state index in [1.807, 2.05) is 32.0 Å². The van der Waals surface area contributed by atoms with Crippen molar-refractivity contribution in [1.29, 1.82) is 0 Å². The Labute approximate surface area is 96.5 Å². The SMILES string of the molecule is Cc1ccc(C)c(C(=O)NCC(C)(C)O)c1. The number of aliphatic hydroxyl groups is 1. The molecule has 0 aliphatic heterocycles. The molecule has 1 rings (SSSR count). The molecule has 16 heavy (non-hydrogen) atoms. The Hall–Kier alpha value is -1.35. The van der Waals surface area contributed by atoms with Crippen LogP contribution in [0.1, 0.15) is 35.3 Å². The summed E-state index contributed by atoms with van der Waals surface area (Å²) < 4.78 is 0.